The monoisotopic (exact) mass is 236 g/mol. The predicted molar refractivity (Wildman–Crippen MR) is 59.9 cm³/mol. The first-order valence-electron chi connectivity index (χ1n) is 5.38. The van der Waals surface area contributed by atoms with Crippen molar-refractivity contribution in [3.05, 3.63) is 30.2 Å². The molecule has 90 valence electrons. The third-order valence-electron chi connectivity index (χ3n) is 2.30. The Labute approximate surface area is 97.9 Å². The third-order valence-corrected chi connectivity index (χ3v) is 2.30. The standard InChI is InChI=1S/C10H13FN6/c1-2-8-9(11)10(14-7-13-8)12-3-5-17-6-4-15-16-17/h4,6-7H,2-3,5H2,1H3,(H,12,13,14). The summed E-state index contributed by atoms with van der Waals surface area (Å²) in [6.45, 7) is 2.98. The molecule has 0 unspecified atom stereocenters. The van der Waals surface area contributed by atoms with Crippen LogP contribution in [0.1, 0.15) is 12.6 Å². The molecule has 0 radical (unpaired) electrons. The van der Waals surface area contributed by atoms with Crippen LogP contribution in [0.15, 0.2) is 18.7 Å². The van der Waals surface area contributed by atoms with E-state index in [0.717, 1.165) is 0 Å². The number of aromatic nitrogens is 5. The summed E-state index contributed by atoms with van der Waals surface area (Å²) in [5.41, 5.74) is 0.420. The summed E-state index contributed by atoms with van der Waals surface area (Å²) in [7, 11) is 0. The van der Waals surface area contributed by atoms with Gasteiger partial charge in [0, 0.05) is 12.7 Å². The molecule has 0 amide bonds. The summed E-state index contributed by atoms with van der Waals surface area (Å²) in [6.07, 6.45) is 5.25. The molecule has 6 nitrogen and oxygen atoms in total. The minimum atomic E-state index is -0.381. The highest BCUT2D eigenvalue weighted by atomic mass is 19.1. The summed E-state index contributed by atoms with van der Waals surface area (Å²) in [5, 5.41) is 10.4. The number of hydrogen-bond donors (Lipinski definition) is 1. The molecule has 2 aromatic rings. The minimum absolute atomic E-state index is 0.233. The van der Waals surface area contributed by atoms with Gasteiger partial charge in [0.15, 0.2) is 11.6 Å². The first kappa shape index (κ1) is 11.4. The normalized spacial score (nSPS) is 10.5. The summed E-state index contributed by atoms with van der Waals surface area (Å²) >= 11 is 0. The molecular formula is C10H13FN6. The van der Waals surface area contributed by atoms with Gasteiger partial charge in [-0.05, 0) is 6.42 Å². The zero-order valence-electron chi connectivity index (χ0n) is 9.47. The lowest BCUT2D eigenvalue weighted by molar-refractivity contribution is 0.585. The van der Waals surface area contributed by atoms with Crippen LogP contribution in [0.2, 0.25) is 0 Å². The van der Waals surface area contributed by atoms with Gasteiger partial charge in [0.05, 0.1) is 18.4 Å². The number of anilines is 1. The van der Waals surface area contributed by atoms with Gasteiger partial charge in [-0.25, -0.2) is 14.4 Å². The molecule has 0 bridgehead atoms. The Morgan fingerprint density at radius 2 is 2.29 bits per heavy atom. The van der Waals surface area contributed by atoms with Gasteiger partial charge in [-0.2, -0.15) is 0 Å². The van der Waals surface area contributed by atoms with Crippen molar-refractivity contribution in [3.8, 4) is 0 Å². The first-order chi connectivity index (χ1) is 8.31. The van der Waals surface area contributed by atoms with Gasteiger partial charge in [-0.15, -0.1) is 5.10 Å². The second-order valence-electron chi connectivity index (χ2n) is 3.43. The maximum atomic E-state index is 13.7. The second kappa shape index (κ2) is 5.33. The highest BCUT2D eigenvalue weighted by molar-refractivity contribution is 5.36. The van der Waals surface area contributed by atoms with E-state index >= 15 is 0 Å². The Hall–Kier alpha value is -2.05. The molecule has 1 N–H and O–H groups in total. The fourth-order valence-electron chi connectivity index (χ4n) is 1.42. The van der Waals surface area contributed by atoms with Crippen LogP contribution in [0.25, 0.3) is 0 Å². The molecule has 0 spiro atoms. The Bertz CT molecular complexity index is 470. The molecule has 0 aliphatic carbocycles. The van der Waals surface area contributed by atoms with E-state index in [9.17, 15) is 4.39 Å². The van der Waals surface area contributed by atoms with Crippen molar-refractivity contribution < 1.29 is 4.39 Å². The molecule has 0 atom stereocenters. The van der Waals surface area contributed by atoms with Crippen molar-refractivity contribution in [2.24, 2.45) is 0 Å². The first-order valence-corrected chi connectivity index (χ1v) is 5.38. The molecule has 0 aliphatic rings. The van der Waals surface area contributed by atoms with Crippen LogP contribution in [0.4, 0.5) is 10.2 Å². The number of rotatable bonds is 5. The van der Waals surface area contributed by atoms with Crippen LogP contribution >= 0.6 is 0 Å². The molecule has 0 fully saturated rings. The molecule has 2 aromatic heterocycles. The highest BCUT2D eigenvalue weighted by Crippen LogP contribution is 2.12. The molecular weight excluding hydrogens is 223 g/mol. The number of halogens is 1. The van der Waals surface area contributed by atoms with Crippen LogP contribution in [0, 0.1) is 5.82 Å². The largest absolute Gasteiger partial charge is 0.366 e. The summed E-state index contributed by atoms with van der Waals surface area (Å²) in [5.74, 6) is -0.148. The zero-order chi connectivity index (χ0) is 12.1. The fraction of sp³-hybridized carbons (Fsp3) is 0.400. The van der Waals surface area contributed by atoms with Crippen molar-refractivity contribution in [2.75, 3.05) is 11.9 Å². The Morgan fingerprint density at radius 3 is 3.00 bits per heavy atom. The van der Waals surface area contributed by atoms with Gasteiger partial charge in [-0.3, -0.25) is 4.68 Å². The quantitative estimate of drug-likeness (QED) is 0.834. The van der Waals surface area contributed by atoms with Crippen molar-refractivity contribution in [3.63, 3.8) is 0 Å². The number of hydrogen-bond acceptors (Lipinski definition) is 5. The van der Waals surface area contributed by atoms with Gasteiger partial charge in [0.25, 0.3) is 0 Å². The van der Waals surface area contributed by atoms with E-state index in [-0.39, 0.29) is 11.6 Å². The van der Waals surface area contributed by atoms with Gasteiger partial charge in [0.1, 0.15) is 6.33 Å². The molecule has 7 heteroatoms. The maximum absolute atomic E-state index is 13.7. The van der Waals surface area contributed by atoms with Crippen LogP contribution in [-0.2, 0) is 13.0 Å². The Morgan fingerprint density at radius 1 is 1.41 bits per heavy atom. The van der Waals surface area contributed by atoms with E-state index in [1.54, 1.807) is 17.1 Å². The van der Waals surface area contributed by atoms with E-state index in [1.807, 2.05) is 6.92 Å². The lowest BCUT2D eigenvalue weighted by Gasteiger charge is -2.07. The second-order valence-corrected chi connectivity index (χ2v) is 3.43. The van der Waals surface area contributed by atoms with E-state index < -0.39 is 0 Å². The summed E-state index contributed by atoms with van der Waals surface area (Å²) in [6, 6.07) is 0. The van der Waals surface area contributed by atoms with E-state index in [0.29, 0.717) is 25.2 Å². The molecule has 0 saturated heterocycles. The molecule has 0 aliphatic heterocycles. The summed E-state index contributed by atoms with van der Waals surface area (Å²) < 4.78 is 15.4. The van der Waals surface area contributed by atoms with Crippen LogP contribution in [0.5, 0.6) is 0 Å². The molecule has 17 heavy (non-hydrogen) atoms. The Kier molecular flexibility index (Phi) is 3.59. The molecule has 2 rings (SSSR count). The average molecular weight is 236 g/mol. The van der Waals surface area contributed by atoms with E-state index in [4.69, 9.17) is 0 Å². The zero-order valence-corrected chi connectivity index (χ0v) is 9.47. The van der Waals surface area contributed by atoms with Crippen molar-refractivity contribution in [1.29, 1.82) is 0 Å². The average Bonchev–Trinajstić information content (AvgIpc) is 2.84. The van der Waals surface area contributed by atoms with Crippen LogP contribution in [0.3, 0.4) is 0 Å². The lowest BCUT2D eigenvalue weighted by Crippen LogP contribution is -2.14. The third kappa shape index (κ3) is 2.74. The highest BCUT2D eigenvalue weighted by Gasteiger charge is 2.08. The predicted octanol–water partition coefficient (Wildman–Crippen LogP) is 0.882. The molecule has 2 heterocycles. The molecule has 0 aromatic carbocycles. The topological polar surface area (TPSA) is 68.5 Å². The van der Waals surface area contributed by atoms with Gasteiger partial charge in [0.2, 0.25) is 0 Å². The SMILES string of the molecule is CCc1ncnc(NCCn2ccnn2)c1F. The van der Waals surface area contributed by atoms with Gasteiger partial charge < -0.3 is 5.32 Å². The maximum Gasteiger partial charge on any atom is 0.186 e. The van der Waals surface area contributed by atoms with E-state index in [1.165, 1.54) is 6.33 Å². The summed E-state index contributed by atoms with van der Waals surface area (Å²) in [4.78, 5) is 7.72. The number of nitrogens with zero attached hydrogens (tertiary/aromatic N) is 5. The van der Waals surface area contributed by atoms with Crippen molar-refractivity contribution in [2.45, 2.75) is 19.9 Å². The number of nitrogens with one attached hydrogen (secondary N) is 1. The van der Waals surface area contributed by atoms with Gasteiger partial charge in [-0.1, -0.05) is 12.1 Å². The Balaban J connectivity index is 1.95. The fourth-order valence-corrected chi connectivity index (χ4v) is 1.42. The van der Waals surface area contributed by atoms with Crippen LogP contribution in [-0.4, -0.2) is 31.5 Å². The van der Waals surface area contributed by atoms with E-state index in [2.05, 4.69) is 25.6 Å². The van der Waals surface area contributed by atoms with Crippen molar-refractivity contribution >= 4 is 5.82 Å². The smallest absolute Gasteiger partial charge is 0.186 e. The van der Waals surface area contributed by atoms with Crippen LogP contribution < -0.4 is 5.32 Å². The lowest BCUT2D eigenvalue weighted by atomic mass is 10.3. The van der Waals surface area contributed by atoms with Crippen molar-refractivity contribution in [1.82, 2.24) is 25.0 Å². The minimum Gasteiger partial charge on any atom is -0.366 e. The number of aryl methyl sites for hydroxylation is 1. The van der Waals surface area contributed by atoms with Gasteiger partial charge >= 0.3 is 0 Å². The molecule has 0 saturated carbocycles.